The lowest BCUT2D eigenvalue weighted by Gasteiger charge is -2.24. The Morgan fingerprint density at radius 1 is 0.773 bits per heavy atom. The van der Waals surface area contributed by atoms with E-state index in [0.717, 1.165) is 0 Å². The number of H-pyrrole nitrogens is 1. The number of carbonyl (C=O) groups is 4. The van der Waals surface area contributed by atoms with Crippen molar-refractivity contribution in [1.82, 2.24) is 15.6 Å². The van der Waals surface area contributed by atoms with Crippen molar-refractivity contribution in [2.45, 2.75) is 45.7 Å². The smallest absolute Gasteiger partial charge is 0.255 e. The lowest BCUT2D eigenvalue weighted by molar-refractivity contribution is -0.123. The van der Waals surface area contributed by atoms with E-state index in [1.165, 1.54) is 6.92 Å². The number of hydrogen-bond donors (Lipinski definition) is 6. The van der Waals surface area contributed by atoms with E-state index in [2.05, 4.69) is 20.9 Å². The minimum absolute atomic E-state index is 0.0422. The number of carbonyl (C=O) groups excluding carboxylic acids is 4. The van der Waals surface area contributed by atoms with Crippen LogP contribution < -0.4 is 16.0 Å². The maximum atomic E-state index is 13.3. The SMILES string of the molecule is Cc1c(O)[nH]c(O)c1C(=O)[C@@H](NC(=O)C[C@H](NC(=O)Cc1ccc(NC(=O)c2ccccc2)cc1)c1ccccc1)C(C)C. The molecule has 6 N–H and O–H groups in total. The van der Waals surface area contributed by atoms with Crippen molar-refractivity contribution < 1.29 is 29.4 Å². The molecular weight excluding hydrogens is 560 g/mol. The summed E-state index contributed by atoms with van der Waals surface area (Å²) in [6, 6.07) is 23.2. The van der Waals surface area contributed by atoms with Gasteiger partial charge in [-0.1, -0.05) is 74.5 Å². The van der Waals surface area contributed by atoms with Crippen LogP contribution in [0.2, 0.25) is 0 Å². The lowest BCUT2D eigenvalue weighted by atomic mass is 9.93. The van der Waals surface area contributed by atoms with Crippen LogP contribution in [0.3, 0.4) is 0 Å². The van der Waals surface area contributed by atoms with Crippen LogP contribution in [-0.4, -0.2) is 44.7 Å². The number of Topliss-reactive ketones (excluding diaryl/α,β-unsaturated/α-hetero) is 1. The molecule has 0 bridgehead atoms. The number of aromatic amines is 1. The summed E-state index contributed by atoms with van der Waals surface area (Å²) in [5.74, 6) is -2.67. The molecule has 2 atom stereocenters. The summed E-state index contributed by atoms with van der Waals surface area (Å²) < 4.78 is 0. The molecule has 228 valence electrons. The number of hydrogen-bond acceptors (Lipinski definition) is 6. The van der Waals surface area contributed by atoms with Crippen molar-refractivity contribution in [1.29, 1.82) is 0 Å². The fourth-order valence-corrected chi connectivity index (χ4v) is 4.84. The molecule has 10 heteroatoms. The monoisotopic (exact) mass is 596 g/mol. The summed E-state index contributed by atoms with van der Waals surface area (Å²) in [6.45, 7) is 5.01. The Morgan fingerprint density at radius 3 is 1.95 bits per heavy atom. The minimum Gasteiger partial charge on any atom is -0.494 e. The Bertz CT molecular complexity index is 1610. The Hall–Kier alpha value is -5.38. The molecule has 1 aromatic heterocycles. The second-order valence-electron chi connectivity index (χ2n) is 10.9. The van der Waals surface area contributed by atoms with Gasteiger partial charge < -0.3 is 26.2 Å². The first-order valence-corrected chi connectivity index (χ1v) is 14.3. The van der Waals surface area contributed by atoms with Gasteiger partial charge in [0.25, 0.3) is 5.91 Å². The van der Waals surface area contributed by atoms with E-state index >= 15 is 0 Å². The zero-order valence-electron chi connectivity index (χ0n) is 24.8. The summed E-state index contributed by atoms with van der Waals surface area (Å²) in [5, 5.41) is 28.5. The van der Waals surface area contributed by atoms with Crippen LogP contribution in [0.1, 0.15) is 63.7 Å². The summed E-state index contributed by atoms with van der Waals surface area (Å²) in [7, 11) is 0. The highest BCUT2D eigenvalue weighted by atomic mass is 16.3. The van der Waals surface area contributed by atoms with Gasteiger partial charge in [0.15, 0.2) is 11.7 Å². The molecule has 0 aliphatic heterocycles. The number of nitrogens with one attached hydrogen (secondary N) is 4. The average Bonchev–Trinajstić information content (AvgIpc) is 3.27. The molecule has 3 aromatic carbocycles. The molecule has 0 aliphatic rings. The summed E-state index contributed by atoms with van der Waals surface area (Å²) >= 11 is 0. The van der Waals surface area contributed by atoms with E-state index in [-0.39, 0.29) is 47.6 Å². The molecule has 10 nitrogen and oxygen atoms in total. The highest BCUT2D eigenvalue weighted by Crippen LogP contribution is 2.30. The van der Waals surface area contributed by atoms with Gasteiger partial charge in [0.05, 0.1) is 30.5 Å². The van der Waals surface area contributed by atoms with Gasteiger partial charge in [0, 0.05) is 16.8 Å². The molecule has 4 rings (SSSR count). The zero-order valence-corrected chi connectivity index (χ0v) is 24.8. The lowest BCUT2D eigenvalue weighted by Crippen LogP contribution is -2.45. The molecule has 0 saturated heterocycles. The first-order chi connectivity index (χ1) is 21.0. The van der Waals surface area contributed by atoms with Crippen LogP contribution in [0.4, 0.5) is 5.69 Å². The van der Waals surface area contributed by atoms with Crippen molar-refractivity contribution in [2.75, 3.05) is 5.32 Å². The van der Waals surface area contributed by atoms with Gasteiger partial charge in [0.1, 0.15) is 0 Å². The van der Waals surface area contributed by atoms with Gasteiger partial charge >= 0.3 is 0 Å². The average molecular weight is 597 g/mol. The maximum Gasteiger partial charge on any atom is 0.255 e. The molecule has 0 aliphatic carbocycles. The topological polar surface area (TPSA) is 161 Å². The predicted octanol–water partition coefficient (Wildman–Crippen LogP) is 4.80. The Balaban J connectivity index is 1.41. The molecule has 4 aromatic rings. The predicted molar refractivity (Wildman–Crippen MR) is 166 cm³/mol. The number of aromatic hydroxyl groups is 2. The molecule has 44 heavy (non-hydrogen) atoms. The standard InChI is InChI=1S/C34H36N4O6/c1-20(2)30(31(41)29-21(3)32(42)38-34(29)44)37-28(40)19-26(23-10-6-4-7-11-23)36-27(39)18-22-14-16-25(17-15-22)35-33(43)24-12-8-5-9-13-24/h4-17,20,26,30,38,42,44H,18-19H2,1-3H3,(H,35,43)(H,36,39)(H,37,40)/t26-,30-/m0/s1. The third-order valence-electron chi connectivity index (χ3n) is 7.25. The number of ketones is 1. The van der Waals surface area contributed by atoms with Gasteiger partial charge in [-0.3, -0.25) is 24.2 Å². The van der Waals surface area contributed by atoms with Crippen molar-refractivity contribution >= 4 is 29.2 Å². The van der Waals surface area contributed by atoms with Crippen LogP contribution in [0.25, 0.3) is 0 Å². The van der Waals surface area contributed by atoms with Crippen LogP contribution in [0.5, 0.6) is 11.8 Å². The molecule has 0 radical (unpaired) electrons. The quantitative estimate of drug-likeness (QED) is 0.129. The van der Waals surface area contributed by atoms with Crippen molar-refractivity contribution in [2.24, 2.45) is 5.92 Å². The summed E-state index contributed by atoms with van der Waals surface area (Å²) in [5.41, 5.74) is 2.66. The zero-order chi connectivity index (χ0) is 31.8. The summed E-state index contributed by atoms with van der Waals surface area (Å²) in [4.78, 5) is 54.4. The second-order valence-corrected chi connectivity index (χ2v) is 10.9. The van der Waals surface area contributed by atoms with E-state index in [4.69, 9.17) is 0 Å². The van der Waals surface area contributed by atoms with Crippen LogP contribution in [-0.2, 0) is 16.0 Å². The number of rotatable bonds is 12. The van der Waals surface area contributed by atoms with E-state index in [1.54, 1.807) is 86.6 Å². The van der Waals surface area contributed by atoms with E-state index < -0.39 is 29.7 Å². The molecule has 0 unspecified atom stereocenters. The van der Waals surface area contributed by atoms with Crippen molar-refractivity contribution in [3.8, 4) is 11.8 Å². The number of benzene rings is 3. The number of amides is 3. The fourth-order valence-electron chi connectivity index (χ4n) is 4.84. The second kappa shape index (κ2) is 14.2. The Morgan fingerprint density at radius 2 is 1.39 bits per heavy atom. The van der Waals surface area contributed by atoms with E-state index in [0.29, 0.717) is 22.4 Å². The highest BCUT2D eigenvalue weighted by molar-refractivity contribution is 6.05. The van der Waals surface area contributed by atoms with Crippen LogP contribution >= 0.6 is 0 Å². The third-order valence-corrected chi connectivity index (χ3v) is 7.25. The van der Waals surface area contributed by atoms with Gasteiger partial charge in [-0.05, 0) is 48.2 Å². The Kier molecular flexibility index (Phi) is 10.2. The summed E-state index contributed by atoms with van der Waals surface area (Å²) in [6.07, 6.45) is -0.0967. The normalized spacial score (nSPS) is 12.3. The third kappa shape index (κ3) is 7.91. The minimum atomic E-state index is -0.977. The maximum absolute atomic E-state index is 13.3. The molecule has 0 saturated carbocycles. The van der Waals surface area contributed by atoms with Crippen molar-refractivity contribution in [3.63, 3.8) is 0 Å². The van der Waals surface area contributed by atoms with Gasteiger partial charge in [-0.2, -0.15) is 0 Å². The van der Waals surface area contributed by atoms with Crippen LogP contribution in [0, 0.1) is 12.8 Å². The first kappa shape index (κ1) is 31.6. The highest BCUT2D eigenvalue weighted by Gasteiger charge is 2.31. The van der Waals surface area contributed by atoms with Gasteiger partial charge in [-0.15, -0.1) is 0 Å². The first-order valence-electron chi connectivity index (χ1n) is 14.3. The largest absolute Gasteiger partial charge is 0.494 e. The van der Waals surface area contributed by atoms with Crippen molar-refractivity contribution in [3.05, 3.63) is 113 Å². The molecule has 3 amide bonds. The molecule has 0 spiro atoms. The van der Waals surface area contributed by atoms with Crippen LogP contribution in [0.15, 0.2) is 84.9 Å². The van der Waals surface area contributed by atoms with Gasteiger partial charge in [0.2, 0.25) is 17.7 Å². The Labute approximate surface area is 255 Å². The molecule has 1 heterocycles. The van der Waals surface area contributed by atoms with Gasteiger partial charge in [-0.25, -0.2) is 0 Å². The number of aromatic nitrogens is 1. The van der Waals surface area contributed by atoms with E-state index in [9.17, 15) is 29.4 Å². The molecular formula is C34H36N4O6. The fraction of sp³-hybridized carbons (Fsp3) is 0.235. The molecule has 0 fully saturated rings. The number of anilines is 1. The van der Waals surface area contributed by atoms with E-state index in [1.807, 2.05) is 12.1 Å².